The molecule has 1 atom stereocenters. The summed E-state index contributed by atoms with van der Waals surface area (Å²) < 4.78 is 9.16. The molecule has 0 bridgehead atoms. The molecule has 354 valence electrons. The molecule has 0 radical (unpaired) electrons. The van der Waals surface area contributed by atoms with Gasteiger partial charge in [-0.2, -0.15) is 5.10 Å². The van der Waals surface area contributed by atoms with Gasteiger partial charge in [0.15, 0.2) is 10.8 Å². The summed E-state index contributed by atoms with van der Waals surface area (Å²) in [5.41, 5.74) is 8.18. The van der Waals surface area contributed by atoms with Crippen molar-refractivity contribution in [1.82, 2.24) is 30.0 Å². The fourth-order valence-corrected chi connectivity index (χ4v) is 11.0. The number of pyridine rings is 1. The first kappa shape index (κ1) is 45.6. The van der Waals surface area contributed by atoms with E-state index in [1.54, 1.807) is 0 Å². The number of rotatable bonds is 15. The van der Waals surface area contributed by atoms with Crippen molar-refractivity contribution in [3.05, 3.63) is 125 Å². The van der Waals surface area contributed by atoms with E-state index in [0.29, 0.717) is 67.0 Å². The number of anilines is 3. The highest BCUT2D eigenvalue weighted by atomic mass is 32.1. The molecule has 4 N–H and O–H groups in total. The lowest BCUT2D eigenvalue weighted by Gasteiger charge is -2.32. The first-order valence-corrected chi connectivity index (χ1v) is 24.6. The van der Waals surface area contributed by atoms with Gasteiger partial charge in [0, 0.05) is 61.8 Å². The van der Waals surface area contributed by atoms with Crippen molar-refractivity contribution in [2.75, 3.05) is 54.9 Å². The third kappa shape index (κ3) is 9.77. The van der Waals surface area contributed by atoms with E-state index < -0.39 is 11.9 Å². The molecule has 0 saturated carbocycles. The molecule has 2 saturated heterocycles. The van der Waals surface area contributed by atoms with E-state index in [-0.39, 0.29) is 23.4 Å². The minimum Gasteiger partial charge on any atom is -0.493 e. The SMILES string of the molecule is Cc1c(OCCCC2CCN(CCNc3ccc4c(C5CCC(=O)NC5=O)nn(C)c4c3)CC2)cccc1-c1ccc(N2CCc3cccc(C(=O)Nc4nc5ccccc5s4)c3C2)nc1C(=O)O. The highest BCUT2D eigenvalue weighted by molar-refractivity contribution is 7.22. The van der Waals surface area contributed by atoms with Crippen LogP contribution in [-0.2, 0) is 29.6 Å². The smallest absolute Gasteiger partial charge is 0.355 e. The van der Waals surface area contributed by atoms with Crippen LogP contribution >= 0.6 is 11.3 Å². The molecule has 0 aliphatic carbocycles. The van der Waals surface area contributed by atoms with Gasteiger partial charge in [-0.15, -0.1) is 0 Å². The number of ether oxygens (including phenoxy) is 1. The zero-order valence-corrected chi connectivity index (χ0v) is 39.6. The number of carbonyl (C=O) groups excluding carboxylic acids is 3. The predicted molar refractivity (Wildman–Crippen MR) is 268 cm³/mol. The first-order valence-electron chi connectivity index (χ1n) is 23.8. The number of benzene rings is 4. The highest BCUT2D eigenvalue weighted by Crippen LogP contribution is 2.36. The summed E-state index contributed by atoms with van der Waals surface area (Å²) in [4.78, 5) is 64.5. The third-order valence-electron chi connectivity index (χ3n) is 13.9. The van der Waals surface area contributed by atoms with E-state index in [1.165, 1.54) is 11.3 Å². The van der Waals surface area contributed by atoms with Gasteiger partial charge in [0.05, 0.1) is 34.0 Å². The van der Waals surface area contributed by atoms with Gasteiger partial charge in [0.1, 0.15) is 11.6 Å². The van der Waals surface area contributed by atoms with Crippen molar-refractivity contribution >= 4 is 72.8 Å². The van der Waals surface area contributed by atoms with E-state index in [9.17, 15) is 24.3 Å². The number of aryl methyl sites for hydroxylation is 1. The fourth-order valence-electron chi connectivity index (χ4n) is 10.2. The molecule has 10 rings (SSSR count). The number of aromatic carboxylic acids is 1. The van der Waals surface area contributed by atoms with Crippen molar-refractivity contribution in [3.8, 4) is 16.9 Å². The number of piperidine rings is 2. The maximum Gasteiger partial charge on any atom is 0.355 e. The number of thiazole rings is 1. The van der Waals surface area contributed by atoms with Crippen molar-refractivity contribution < 1.29 is 29.0 Å². The number of amides is 3. The largest absolute Gasteiger partial charge is 0.493 e. The second-order valence-corrected chi connectivity index (χ2v) is 19.3. The minimum atomic E-state index is -1.11. The molecule has 2 fully saturated rings. The third-order valence-corrected chi connectivity index (χ3v) is 14.9. The Morgan fingerprint density at radius 3 is 2.58 bits per heavy atom. The number of aromatic nitrogens is 4. The molecular weight excluding hydrogens is 891 g/mol. The van der Waals surface area contributed by atoms with E-state index in [1.807, 2.05) is 108 Å². The van der Waals surface area contributed by atoms with Crippen molar-refractivity contribution in [2.45, 2.75) is 64.3 Å². The number of imide groups is 1. The molecular formula is C53H55N9O6S. The molecule has 3 aliphatic rings. The van der Waals surface area contributed by atoms with Crippen LogP contribution in [0.25, 0.3) is 32.2 Å². The van der Waals surface area contributed by atoms with Gasteiger partial charge in [-0.05, 0) is 141 Å². The monoisotopic (exact) mass is 945 g/mol. The summed E-state index contributed by atoms with van der Waals surface area (Å²) in [5, 5.41) is 25.6. The lowest BCUT2D eigenvalue weighted by atomic mass is 9.92. The van der Waals surface area contributed by atoms with Crippen LogP contribution in [0.3, 0.4) is 0 Å². The number of carbonyl (C=O) groups is 4. The van der Waals surface area contributed by atoms with Crippen LogP contribution in [-0.4, -0.2) is 92.8 Å². The summed E-state index contributed by atoms with van der Waals surface area (Å²) in [5.74, 6) is -0.352. The van der Waals surface area contributed by atoms with Gasteiger partial charge in [0.2, 0.25) is 11.8 Å². The lowest BCUT2D eigenvalue weighted by Crippen LogP contribution is -2.39. The normalized spacial score (nSPS) is 16.7. The van der Waals surface area contributed by atoms with Crippen LogP contribution < -0.4 is 25.6 Å². The summed E-state index contributed by atoms with van der Waals surface area (Å²) in [6.07, 6.45) is 5.78. The number of para-hydroxylation sites is 1. The Hall–Kier alpha value is -7.17. The molecule has 6 heterocycles. The highest BCUT2D eigenvalue weighted by Gasteiger charge is 2.32. The predicted octanol–water partition coefficient (Wildman–Crippen LogP) is 8.57. The van der Waals surface area contributed by atoms with Gasteiger partial charge in [-0.1, -0.05) is 47.7 Å². The summed E-state index contributed by atoms with van der Waals surface area (Å²) >= 11 is 1.43. The number of likely N-dealkylation sites (tertiary alicyclic amines) is 1. The Labute approximate surface area is 403 Å². The maximum absolute atomic E-state index is 13.6. The molecule has 3 amide bonds. The van der Waals surface area contributed by atoms with E-state index >= 15 is 0 Å². The second kappa shape index (κ2) is 19.8. The van der Waals surface area contributed by atoms with Crippen molar-refractivity contribution in [1.29, 1.82) is 0 Å². The first-order chi connectivity index (χ1) is 33.6. The maximum atomic E-state index is 13.6. The standard InChI is InChI=1S/C53H55N9O6S/c1-32-36(37-17-19-46(56-49(37)52(66)67)62-27-23-34-9-5-11-38(41(34)31-62)50(64)58-53-55-42-12-3-4-14-45(42)69-53)10-6-13-44(32)68-29-7-8-33-21-25-61(26-22-33)28-24-54-35-15-16-39-43(30-35)60(2)59-48(39)40-18-20-47(63)57-51(40)65/h3-6,9-17,19,30,33,40,54H,7-8,18,20-29,31H2,1-2H3,(H,66,67)(H,55,58,64)(H,57,63,65). The Morgan fingerprint density at radius 2 is 1.75 bits per heavy atom. The Morgan fingerprint density at radius 1 is 0.913 bits per heavy atom. The number of carboxylic acid groups (broad SMARTS) is 1. The van der Waals surface area contributed by atoms with Gasteiger partial charge in [-0.3, -0.25) is 29.7 Å². The summed E-state index contributed by atoms with van der Waals surface area (Å²) in [6, 6.07) is 29.2. The quantitative estimate of drug-likeness (QED) is 0.0568. The van der Waals surface area contributed by atoms with Crippen LogP contribution in [0.15, 0.2) is 91.0 Å². The Bertz CT molecular complexity index is 3070. The average Bonchev–Trinajstić information content (AvgIpc) is 3.92. The van der Waals surface area contributed by atoms with Crippen molar-refractivity contribution in [3.63, 3.8) is 0 Å². The summed E-state index contributed by atoms with van der Waals surface area (Å²) in [6.45, 7) is 7.45. The number of nitrogens with zero attached hydrogens (tertiary/aromatic N) is 6. The molecule has 3 aliphatic heterocycles. The number of fused-ring (bicyclic) bond motifs is 3. The molecule has 7 aromatic rings. The zero-order chi connectivity index (χ0) is 47.6. The van der Waals surface area contributed by atoms with E-state index in [2.05, 4.69) is 37.0 Å². The van der Waals surface area contributed by atoms with Gasteiger partial charge in [-0.25, -0.2) is 14.8 Å². The zero-order valence-electron chi connectivity index (χ0n) is 38.8. The lowest BCUT2D eigenvalue weighted by molar-refractivity contribution is -0.134. The molecule has 4 aromatic carbocycles. The van der Waals surface area contributed by atoms with Gasteiger partial charge in [0.25, 0.3) is 5.91 Å². The van der Waals surface area contributed by atoms with Crippen LogP contribution in [0, 0.1) is 12.8 Å². The number of hydrogen-bond acceptors (Lipinski definition) is 12. The van der Waals surface area contributed by atoms with Crippen molar-refractivity contribution in [2.24, 2.45) is 13.0 Å². The molecule has 1 unspecified atom stereocenters. The molecule has 69 heavy (non-hydrogen) atoms. The Kier molecular flexibility index (Phi) is 13.1. The van der Waals surface area contributed by atoms with Gasteiger partial charge < -0.3 is 25.0 Å². The fraction of sp³-hybridized carbons (Fsp3) is 0.340. The topological polar surface area (TPSA) is 184 Å². The molecule has 0 spiro atoms. The minimum absolute atomic E-state index is 0.0316. The van der Waals surface area contributed by atoms with Crippen LogP contribution in [0.5, 0.6) is 5.75 Å². The van der Waals surface area contributed by atoms with Crippen LogP contribution in [0.1, 0.15) is 87.7 Å². The van der Waals surface area contributed by atoms with Crippen LogP contribution in [0.4, 0.5) is 16.6 Å². The van der Waals surface area contributed by atoms with Crippen LogP contribution in [0.2, 0.25) is 0 Å². The van der Waals surface area contributed by atoms with Gasteiger partial charge >= 0.3 is 5.97 Å². The van der Waals surface area contributed by atoms with E-state index in [4.69, 9.17) is 9.72 Å². The Balaban J connectivity index is 0.702. The average molecular weight is 946 g/mol. The molecule has 15 nitrogen and oxygen atoms in total. The van der Waals surface area contributed by atoms with E-state index in [0.717, 1.165) is 112 Å². The number of hydrogen-bond donors (Lipinski definition) is 4. The number of carboxylic acids is 1. The summed E-state index contributed by atoms with van der Waals surface area (Å²) in [7, 11) is 1.89. The molecule has 3 aromatic heterocycles. The number of nitrogens with one attached hydrogen (secondary N) is 3. The molecule has 16 heteroatoms. The second-order valence-electron chi connectivity index (χ2n) is 18.3.